The van der Waals surface area contributed by atoms with E-state index in [2.05, 4.69) is 265 Å². The van der Waals surface area contributed by atoms with Gasteiger partial charge in [0.05, 0.1) is 33.8 Å². The SMILES string of the molecule is [Pt+2].c1ccc(-c2c3nc(c(-c4ccccc4)c4[n-]c(c(-c5ccc6c(c5)c5ccccc5n6-c5ccccc5)c5nc(c(-c6ccccc6)c6[n-]c2c2ccccc62)-c2ccccc2-5)c2ccccc42)-c2ccccc2-3)cc1. The van der Waals surface area contributed by atoms with Crippen molar-refractivity contribution in [1.29, 1.82) is 0 Å². The van der Waals surface area contributed by atoms with E-state index in [4.69, 9.17) is 19.9 Å². The molecule has 0 saturated heterocycles. The molecule has 16 rings (SSSR count). The Labute approximate surface area is 464 Å². The fourth-order valence-corrected chi connectivity index (χ4v) is 12.4. The summed E-state index contributed by atoms with van der Waals surface area (Å²) < 4.78 is 2.38. The number of benzene rings is 10. The van der Waals surface area contributed by atoms with Crippen LogP contribution in [0.5, 0.6) is 0 Å². The third-order valence-corrected chi connectivity index (χ3v) is 15.7. The Kier molecular flexibility index (Phi) is 10.7. The Morgan fingerprint density at radius 2 is 0.564 bits per heavy atom. The molecule has 13 aromatic rings. The first-order valence-electron chi connectivity index (χ1n) is 26.2. The maximum Gasteiger partial charge on any atom is 2.00 e. The van der Waals surface area contributed by atoms with E-state index >= 15 is 0 Å². The van der Waals surface area contributed by atoms with Crippen molar-refractivity contribution >= 4 is 65.4 Å². The van der Waals surface area contributed by atoms with Gasteiger partial charge in [-0.15, -0.1) is 22.1 Å². The smallest absolute Gasteiger partial charge is 0.656 e. The molecule has 2 aliphatic heterocycles. The van der Waals surface area contributed by atoms with E-state index in [1.165, 1.54) is 5.39 Å². The summed E-state index contributed by atoms with van der Waals surface area (Å²) in [6, 6.07) is 93.2. The van der Waals surface area contributed by atoms with Crippen LogP contribution in [0.3, 0.4) is 0 Å². The molecule has 78 heavy (non-hydrogen) atoms. The molecule has 3 aliphatic rings. The van der Waals surface area contributed by atoms with Gasteiger partial charge in [-0.3, -0.25) is 0 Å². The second-order valence-electron chi connectivity index (χ2n) is 19.9. The maximum atomic E-state index is 6.04. The monoisotopic (exact) mass is 1170 g/mol. The zero-order valence-corrected chi connectivity index (χ0v) is 44.2. The molecule has 5 heterocycles. The molecule has 1 aliphatic carbocycles. The van der Waals surface area contributed by atoms with Crippen LogP contribution in [0, 0.1) is 0 Å². The van der Waals surface area contributed by atoms with Gasteiger partial charge in [0.1, 0.15) is 0 Å². The van der Waals surface area contributed by atoms with E-state index in [-0.39, 0.29) is 21.1 Å². The molecule has 0 spiro atoms. The van der Waals surface area contributed by atoms with Crippen LogP contribution in [-0.4, -0.2) is 14.5 Å². The van der Waals surface area contributed by atoms with Gasteiger partial charge in [-0.1, -0.05) is 231 Å². The summed E-state index contributed by atoms with van der Waals surface area (Å²) in [5.41, 5.74) is 22.3. The topological polar surface area (TPSA) is 58.9 Å². The predicted octanol–water partition coefficient (Wildman–Crippen LogP) is 18.3. The van der Waals surface area contributed by atoms with Gasteiger partial charge in [0, 0.05) is 38.7 Å². The van der Waals surface area contributed by atoms with Crippen molar-refractivity contribution < 1.29 is 21.1 Å². The van der Waals surface area contributed by atoms with Crippen LogP contribution < -0.4 is 9.97 Å². The van der Waals surface area contributed by atoms with Crippen LogP contribution in [0.1, 0.15) is 0 Å². The van der Waals surface area contributed by atoms with Crippen LogP contribution >= 0.6 is 0 Å². The summed E-state index contributed by atoms with van der Waals surface area (Å²) in [4.78, 5) is 23.9. The standard InChI is InChI=1S/C72H43N5.Pt/c1-5-23-44(24-6-1)61-65-50-32-13-15-34-52(50)67(73-65)62(45-25-7-2-8-26-45)69-54-36-17-19-38-56(54)71(75-69)64(47-41-42-60-58(43-47)49-31-21-22-40-59(49)77(60)48-29-11-4-12-30-48)72-57-39-20-18-37-55(57)70(76-72)63(46-27-9-3-10-28-46)68-53-35-16-14-33-51(53)66(61)74-68;/h1-43H;/q-2;+2. The van der Waals surface area contributed by atoms with Gasteiger partial charge >= 0.3 is 21.1 Å². The predicted molar refractivity (Wildman–Crippen MR) is 319 cm³/mol. The Bertz CT molecular complexity index is 4860. The first-order valence-corrected chi connectivity index (χ1v) is 26.2. The number of para-hydroxylation sites is 2. The molecule has 0 atom stereocenters. The summed E-state index contributed by atoms with van der Waals surface area (Å²) >= 11 is 0. The van der Waals surface area contributed by atoms with Gasteiger partial charge in [0.15, 0.2) is 0 Å². The van der Waals surface area contributed by atoms with Crippen molar-refractivity contribution in [3.8, 4) is 95.2 Å². The normalized spacial score (nSPS) is 11.7. The van der Waals surface area contributed by atoms with Gasteiger partial charge in [-0.2, -0.15) is 0 Å². The molecular formula is C72H43N5Pt. The molecule has 0 saturated carbocycles. The second kappa shape index (κ2) is 18.3. The number of rotatable bonds is 5. The molecule has 0 amide bonds. The minimum absolute atomic E-state index is 0. The Morgan fingerprint density at radius 1 is 0.256 bits per heavy atom. The molecule has 0 radical (unpaired) electrons. The number of hydrogen-bond donors (Lipinski definition) is 0. The van der Waals surface area contributed by atoms with E-state index < -0.39 is 0 Å². The Balaban J connectivity index is 0.00000529. The van der Waals surface area contributed by atoms with Crippen molar-refractivity contribution in [2.24, 2.45) is 0 Å². The van der Waals surface area contributed by atoms with Crippen molar-refractivity contribution in [3.63, 3.8) is 0 Å². The average Bonchev–Trinajstić information content (AvgIpc) is 4.51. The minimum atomic E-state index is 0. The van der Waals surface area contributed by atoms with Gasteiger partial charge in [-0.05, 0) is 96.4 Å². The van der Waals surface area contributed by atoms with Crippen LogP contribution in [0.15, 0.2) is 261 Å². The van der Waals surface area contributed by atoms with Crippen molar-refractivity contribution in [2.45, 2.75) is 0 Å². The third-order valence-electron chi connectivity index (χ3n) is 15.7. The number of fused-ring (bicyclic) bond motifs is 3. The summed E-state index contributed by atoms with van der Waals surface area (Å²) in [5, 5.41) is 6.46. The summed E-state index contributed by atoms with van der Waals surface area (Å²) in [6.45, 7) is 0. The zero-order chi connectivity index (χ0) is 50.6. The van der Waals surface area contributed by atoms with Crippen molar-refractivity contribution in [2.75, 3.05) is 0 Å². The fourth-order valence-electron chi connectivity index (χ4n) is 12.4. The molecule has 0 fully saturated rings. The summed E-state index contributed by atoms with van der Waals surface area (Å²) in [6.07, 6.45) is 0. The van der Waals surface area contributed by atoms with Crippen LogP contribution in [0.4, 0.5) is 0 Å². The van der Waals surface area contributed by atoms with Crippen molar-refractivity contribution in [1.82, 2.24) is 24.5 Å². The molecule has 0 unspecified atom stereocenters. The molecule has 10 aromatic carbocycles. The number of hydrogen-bond acceptors (Lipinski definition) is 2. The molecule has 3 aromatic heterocycles. The van der Waals surface area contributed by atoms with Crippen LogP contribution in [0.25, 0.3) is 161 Å². The van der Waals surface area contributed by atoms with E-state index in [0.29, 0.717) is 0 Å². The number of nitrogens with zero attached hydrogens (tertiary/aromatic N) is 5. The molecule has 5 nitrogen and oxygen atoms in total. The first-order chi connectivity index (χ1) is 38.2. The van der Waals surface area contributed by atoms with E-state index in [9.17, 15) is 0 Å². The summed E-state index contributed by atoms with van der Waals surface area (Å²) in [7, 11) is 0. The van der Waals surface area contributed by atoms with Crippen LogP contribution in [0.2, 0.25) is 0 Å². The molecule has 0 N–H and O–H groups in total. The molecule has 366 valence electrons. The van der Waals surface area contributed by atoms with Gasteiger partial charge in [0.25, 0.3) is 0 Å². The van der Waals surface area contributed by atoms with Crippen molar-refractivity contribution in [3.05, 3.63) is 261 Å². The average molecular weight is 1170 g/mol. The second-order valence-corrected chi connectivity index (χ2v) is 19.9. The van der Waals surface area contributed by atoms with E-state index in [1.54, 1.807) is 0 Å². The number of aromatic nitrogens is 5. The molecule has 8 bridgehead atoms. The largest absolute Gasteiger partial charge is 2.00 e. The van der Waals surface area contributed by atoms with E-state index in [0.717, 1.165) is 155 Å². The quantitative estimate of drug-likeness (QED) is 0.172. The zero-order valence-electron chi connectivity index (χ0n) is 41.9. The van der Waals surface area contributed by atoms with Gasteiger partial charge in [-0.25, -0.2) is 9.97 Å². The first kappa shape index (κ1) is 45.7. The molecule has 6 heteroatoms. The fraction of sp³-hybridized carbons (Fsp3) is 0. The van der Waals surface area contributed by atoms with E-state index in [1.807, 2.05) is 0 Å². The van der Waals surface area contributed by atoms with Gasteiger partial charge < -0.3 is 14.5 Å². The maximum absolute atomic E-state index is 6.04. The Morgan fingerprint density at radius 3 is 0.962 bits per heavy atom. The summed E-state index contributed by atoms with van der Waals surface area (Å²) in [5.74, 6) is 0. The van der Waals surface area contributed by atoms with Crippen LogP contribution in [-0.2, 0) is 21.1 Å². The van der Waals surface area contributed by atoms with Gasteiger partial charge in [0.2, 0.25) is 0 Å². The Hall–Kier alpha value is -9.67. The molecular weight excluding hydrogens is 1130 g/mol. The minimum Gasteiger partial charge on any atom is -0.656 e. The third kappa shape index (κ3) is 6.91.